The van der Waals surface area contributed by atoms with Crippen molar-refractivity contribution in [3.05, 3.63) is 59.7 Å². The van der Waals surface area contributed by atoms with Crippen LogP contribution in [0.2, 0.25) is 0 Å². The Bertz CT molecular complexity index is 893. The Morgan fingerprint density at radius 1 is 1.08 bits per heavy atom. The van der Waals surface area contributed by atoms with Gasteiger partial charge in [-0.3, -0.25) is 9.59 Å². The fourth-order valence-electron chi connectivity index (χ4n) is 2.17. The van der Waals surface area contributed by atoms with E-state index in [0.29, 0.717) is 11.3 Å². The molecule has 0 unspecified atom stereocenters. The second-order valence-electron chi connectivity index (χ2n) is 5.59. The molecule has 1 atom stereocenters. The number of hydrogen-bond donors (Lipinski definition) is 3. The maximum atomic E-state index is 12.3. The standard InChI is InChI=1S/C17H19N3O5S/c1-11(12-4-8-15(9-5-12)26(19,23)24)20-17(22)13-2-6-14(7-3-13)25-10-16(18)21/h2-9,11H,10H2,1H3,(H2,18,21)(H,20,22)(H2,19,23,24)/t11-/m1/s1. The zero-order valence-electron chi connectivity index (χ0n) is 14.0. The second-order valence-corrected chi connectivity index (χ2v) is 7.15. The Labute approximate surface area is 151 Å². The summed E-state index contributed by atoms with van der Waals surface area (Å²) in [5.74, 6) is -0.476. The number of amides is 2. The molecule has 0 heterocycles. The predicted molar refractivity (Wildman–Crippen MR) is 94.8 cm³/mol. The van der Waals surface area contributed by atoms with Crippen LogP contribution in [0.1, 0.15) is 28.9 Å². The number of carbonyl (C=O) groups excluding carboxylic acids is 2. The van der Waals surface area contributed by atoms with Crippen LogP contribution in [-0.2, 0) is 14.8 Å². The van der Waals surface area contributed by atoms with Gasteiger partial charge in [-0.05, 0) is 48.9 Å². The van der Waals surface area contributed by atoms with E-state index in [-0.39, 0.29) is 23.5 Å². The van der Waals surface area contributed by atoms with Gasteiger partial charge in [0.2, 0.25) is 10.0 Å². The molecule has 0 saturated carbocycles. The quantitative estimate of drug-likeness (QED) is 0.651. The van der Waals surface area contributed by atoms with E-state index in [9.17, 15) is 18.0 Å². The van der Waals surface area contributed by atoms with Gasteiger partial charge in [-0.1, -0.05) is 12.1 Å². The molecule has 2 amide bonds. The smallest absolute Gasteiger partial charge is 0.255 e. The number of sulfonamides is 1. The first kappa shape index (κ1) is 19.4. The minimum Gasteiger partial charge on any atom is -0.484 e. The van der Waals surface area contributed by atoms with Gasteiger partial charge < -0.3 is 15.8 Å². The minimum atomic E-state index is -3.75. The Kier molecular flexibility index (Phi) is 5.96. The number of ether oxygens (including phenoxy) is 1. The fraction of sp³-hybridized carbons (Fsp3) is 0.176. The third-order valence-corrected chi connectivity index (χ3v) is 4.48. The van der Waals surface area contributed by atoms with Crippen molar-refractivity contribution in [3.63, 3.8) is 0 Å². The van der Waals surface area contributed by atoms with Gasteiger partial charge in [0.05, 0.1) is 10.9 Å². The summed E-state index contributed by atoms with van der Waals surface area (Å²) >= 11 is 0. The van der Waals surface area contributed by atoms with Gasteiger partial charge in [0.1, 0.15) is 5.75 Å². The number of hydrogen-bond acceptors (Lipinski definition) is 5. The highest BCUT2D eigenvalue weighted by atomic mass is 32.2. The largest absolute Gasteiger partial charge is 0.484 e. The SMILES string of the molecule is C[C@@H](NC(=O)c1ccc(OCC(N)=O)cc1)c1ccc(S(N)(=O)=O)cc1. The fourth-order valence-corrected chi connectivity index (χ4v) is 2.68. The summed E-state index contributed by atoms with van der Waals surface area (Å²) in [5.41, 5.74) is 6.13. The molecule has 0 bridgehead atoms. The summed E-state index contributed by atoms with van der Waals surface area (Å²) in [6.45, 7) is 1.53. The van der Waals surface area contributed by atoms with Crippen LogP contribution in [0.15, 0.2) is 53.4 Å². The Hall–Kier alpha value is -2.91. The molecule has 0 radical (unpaired) electrons. The average molecular weight is 377 g/mol. The van der Waals surface area contributed by atoms with Gasteiger partial charge >= 0.3 is 0 Å². The van der Waals surface area contributed by atoms with Crippen molar-refractivity contribution in [2.45, 2.75) is 17.9 Å². The number of carbonyl (C=O) groups is 2. The summed E-state index contributed by atoms with van der Waals surface area (Å²) in [6.07, 6.45) is 0. The molecular formula is C17H19N3O5S. The number of benzene rings is 2. The summed E-state index contributed by atoms with van der Waals surface area (Å²) < 4.78 is 27.6. The molecule has 2 rings (SSSR count). The van der Waals surface area contributed by atoms with E-state index < -0.39 is 15.9 Å². The van der Waals surface area contributed by atoms with Crippen LogP contribution >= 0.6 is 0 Å². The molecule has 0 saturated heterocycles. The number of primary sulfonamides is 1. The Morgan fingerprint density at radius 2 is 1.65 bits per heavy atom. The second kappa shape index (κ2) is 7.98. The molecule has 2 aromatic rings. The summed E-state index contributed by atoms with van der Waals surface area (Å²) in [4.78, 5) is 23.0. The topological polar surface area (TPSA) is 142 Å². The molecule has 0 aliphatic heterocycles. The van der Waals surface area contributed by atoms with Crippen molar-refractivity contribution < 1.29 is 22.7 Å². The third-order valence-electron chi connectivity index (χ3n) is 3.55. The zero-order valence-corrected chi connectivity index (χ0v) is 14.8. The van der Waals surface area contributed by atoms with Crippen LogP contribution in [0.25, 0.3) is 0 Å². The van der Waals surface area contributed by atoms with Crippen LogP contribution in [0, 0.1) is 0 Å². The molecule has 0 aliphatic rings. The molecular weight excluding hydrogens is 358 g/mol. The number of nitrogens with one attached hydrogen (secondary N) is 1. The lowest BCUT2D eigenvalue weighted by Crippen LogP contribution is -2.26. The van der Waals surface area contributed by atoms with Crippen molar-refractivity contribution in [2.75, 3.05) is 6.61 Å². The van der Waals surface area contributed by atoms with E-state index in [0.717, 1.165) is 5.56 Å². The number of primary amides is 1. The normalized spacial score (nSPS) is 12.2. The van der Waals surface area contributed by atoms with Gasteiger partial charge in [0.25, 0.3) is 11.8 Å². The molecule has 9 heteroatoms. The molecule has 5 N–H and O–H groups in total. The van der Waals surface area contributed by atoms with Crippen molar-refractivity contribution in [2.24, 2.45) is 10.9 Å². The van der Waals surface area contributed by atoms with Gasteiger partial charge in [0, 0.05) is 5.56 Å². The molecule has 8 nitrogen and oxygen atoms in total. The third kappa shape index (κ3) is 5.30. The highest BCUT2D eigenvalue weighted by molar-refractivity contribution is 7.89. The summed E-state index contributed by atoms with van der Waals surface area (Å²) in [6, 6.07) is 11.8. The highest BCUT2D eigenvalue weighted by Crippen LogP contribution is 2.17. The first-order valence-corrected chi connectivity index (χ1v) is 9.16. The van der Waals surface area contributed by atoms with Crippen LogP contribution in [0.3, 0.4) is 0 Å². The van der Waals surface area contributed by atoms with Crippen molar-refractivity contribution in [3.8, 4) is 5.75 Å². The van der Waals surface area contributed by atoms with E-state index in [1.54, 1.807) is 43.3 Å². The lowest BCUT2D eigenvalue weighted by Gasteiger charge is -2.15. The number of nitrogens with two attached hydrogens (primary N) is 2. The van der Waals surface area contributed by atoms with Gasteiger partial charge in [-0.25, -0.2) is 13.6 Å². The Morgan fingerprint density at radius 3 is 2.15 bits per heavy atom. The van der Waals surface area contributed by atoms with E-state index in [2.05, 4.69) is 5.32 Å². The van der Waals surface area contributed by atoms with Crippen LogP contribution in [-0.4, -0.2) is 26.8 Å². The molecule has 0 spiro atoms. The molecule has 0 aromatic heterocycles. The average Bonchev–Trinajstić information content (AvgIpc) is 2.59. The number of rotatable bonds is 7. The predicted octanol–water partition coefficient (Wildman–Crippen LogP) is 0.689. The van der Waals surface area contributed by atoms with E-state index >= 15 is 0 Å². The molecule has 0 aliphatic carbocycles. The lowest BCUT2D eigenvalue weighted by molar-refractivity contribution is -0.119. The van der Waals surface area contributed by atoms with Gasteiger partial charge in [-0.15, -0.1) is 0 Å². The van der Waals surface area contributed by atoms with Crippen molar-refractivity contribution >= 4 is 21.8 Å². The van der Waals surface area contributed by atoms with E-state index in [4.69, 9.17) is 15.6 Å². The molecule has 26 heavy (non-hydrogen) atoms. The highest BCUT2D eigenvalue weighted by Gasteiger charge is 2.13. The zero-order chi connectivity index (χ0) is 19.3. The first-order chi connectivity index (χ1) is 12.2. The Balaban J connectivity index is 2.01. The lowest BCUT2D eigenvalue weighted by atomic mass is 10.1. The van der Waals surface area contributed by atoms with E-state index in [1.807, 2.05) is 0 Å². The first-order valence-electron chi connectivity index (χ1n) is 7.61. The van der Waals surface area contributed by atoms with E-state index in [1.165, 1.54) is 12.1 Å². The molecule has 0 fully saturated rings. The maximum Gasteiger partial charge on any atom is 0.255 e. The van der Waals surface area contributed by atoms with Gasteiger partial charge in [-0.2, -0.15) is 0 Å². The van der Waals surface area contributed by atoms with Gasteiger partial charge in [0.15, 0.2) is 6.61 Å². The van der Waals surface area contributed by atoms with Crippen molar-refractivity contribution in [1.82, 2.24) is 5.32 Å². The minimum absolute atomic E-state index is 0.00586. The van der Waals surface area contributed by atoms with Crippen LogP contribution in [0.4, 0.5) is 0 Å². The van der Waals surface area contributed by atoms with Crippen molar-refractivity contribution in [1.29, 1.82) is 0 Å². The maximum absolute atomic E-state index is 12.3. The van der Waals surface area contributed by atoms with Crippen LogP contribution in [0.5, 0.6) is 5.75 Å². The monoisotopic (exact) mass is 377 g/mol. The molecule has 138 valence electrons. The summed E-state index contributed by atoms with van der Waals surface area (Å²) in [7, 11) is -3.75. The summed E-state index contributed by atoms with van der Waals surface area (Å²) in [5, 5.41) is 7.86. The van der Waals surface area contributed by atoms with Crippen LogP contribution < -0.4 is 20.9 Å². The molecule has 2 aromatic carbocycles.